The van der Waals surface area contributed by atoms with Crippen molar-refractivity contribution in [1.82, 2.24) is 5.32 Å². The van der Waals surface area contributed by atoms with Crippen LogP contribution in [0.2, 0.25) is 5.02 Å². The lowest BCUT2D eigenvalue weighted by atomic mass is 9.97. The van der Waals surface area contributed by atoms with E-state index in [0.717, 1.165) is 5.56 Å². The molecule has 0 aromatic heterocycles. The Labute approximate surface area is 140 Å². The van der Waals surface area contributed by atoms with Gasteiger partial charge in [-0.3, -0.25) is 9.62 Å². The molecule has 118 valence electrons. The van der Waals surface area contributed by atoms with Crippen LogP contribution in [0.3, 0.4) is 0 Å². The highest BCUT2D eigenvalue weighted by molar-refractivity contribution is 7.92. The molecule has 1 aliphatic heterocycles. The number of nitrogens with zero attached hydrogens (tertiary/aromatic N) is 2. The molecule has 1 atom stereocenters. The smallest absolute Gasteiger partial charge is 0.264 e. The number of para-hydroxylation sites is 1. The summed E-state index contributed by atoms with van der Waals surface area (Å²) in [6.07, 6.45) is 0. The van der Waals surface area contributed by atoms with Gasteiger partial charge in [-0.2, -0.15) is 5.26 Å². The lowest BCUT2D eigenvalue weighted by Crippen LogP contribution is -2.26. The Hall–Kier alpha value is -2.07. The Bertz CT molecular complexity index is 906. The zero-order valence-electron chi connectivity index (χ0n) is 12.3. The molecule has 0 bridgehead atoms. The van der Waals surface area contributed by atoms with Gasteiger partial charge in [0.25, 0.3) is 10.0 Å². The van der Waals surface area contributed by atoms with Crippen LogP contribution in [-0.2, 0) is 10.0 Å². The molecule has 5 nitrogen and oxygen atoms in total. The van der Waals surface area contributed by atoms with Crippen LogP contribution in [-0.4, -0.2) is 22.0 Å². The highest BCUT2D eigenvalue weighted by Crippen LogP contribution is 2.40. The number of hydrogen-bond acceptors (Lipinski definition) is 4. The fourth-order valence-corrected chi connectivity index (χ4v) is 4.52. The lowest BCUT2D eigenvalue weighted by molar-refractivity contribution is 0.591. The summed E-state index contributed by atoms with van der Waals surface area (Å²) >= 11 is 6.01. The van der Waals surface area contributed by atoms with Gasteiger partial charge < -0.3 is 0 Å². The third-order valence-electron chi connectivity index (χ3n) is 3.90. The number of anilines is 1. The van der Waals surface area contributed by atoms with Crippen LogP contribution in [0, 0.1) is 11.3 Å². The topological polar surface area (TPSA) is 73.2 Å². The van der Waals surface area contributed by atoms with Gasteiger partial charge in [0, 0.05) is 12.1 Å². The average molecular weight is 348 g/mol. The number of rotatable bonds is 2. The number of benzene rings is 2. The number of halogens is 1. The maximum absolute atomic E-state index is 12.9. The Morgan fingerprint density at radius 3 is 2.74 bits per heavy atom. The van der Waals surface area contributed by atoms with Crippen molar-refractivity contribution >= 4 is 27.3 Å². The van der Waals surface area contributed by atoms with Crippen LogP contribution >= 0.6 is 11.6 Å². The molecule has 1 unspecified atom stereocenters. The monoisotopic (exact) mass is 347 g/mol. The van der Waals surface area contributed by atoms with Crippen molar-refractivity contribution < 1.29 is 8.42 Å². The van der Waals surface area contributed by atoms with Crippen molar-refractivity contribution in [1.29, 1.82) is 5.26 Å². The summed E-state index contributed by atoms with van der Waals surface area (Å²) in [5.41, 5.74) is 1.96. The Balaban J connectivity index is 2.34. The number of hydrogen-bond donors (Lipinski definition) is 1. The van der Waals surface area contributed by atoms with Gasteiger partial charge in [0.2, 0.25) is 0 Å². The Morgan fingerprint density at radius 1 is 1.26 bits per heavy atom. The fraction of sp³-hybridized carbons (Fsp3) is 0.188. The minimum Gasteiger partial charge on any atom is -0.294 e. The first-order valence-corrected chi connectivity index (χ1v) is 8.76. The summed E-state index contributed by atoms with van der Waals surface area (Å²) in [5.74, 6) is 0. The van der Waals surface area contributed by atoms with Crippen molar-refractivity contribution in [3.63, 3.8) is 0 Å². The first-order chi connectivity index (χ1) is 11.0. The van der Waals surface area contributed by atoms with E-state index < -0.39 is 16.1 Å². The molecule has 0 spiro atoms. The second-order valence-electron chi connectivity index (χ2n) is 5.19. The molecule has 0 saturated carbocycles. The number of nitriles is 1. The van der Waals surface area contributed by atoms with Crippen LogP contribution in [0.4, 0.5) is 5.69 Å². The maximum atomic E-state index is 12.9. The van der Waals surface area contributed by atoms with E-state index in [0.29, 0.717) is 16.3 Å². The fourth-order valence-electron chi connectivity index (χ4n) is 2.80. The average Bonchev–Trinajstić information content (AvgIpc) is 2.61. The van der Waals surface area contributed by atoms with Gasteiger partial charge in [-0.05, 0) is 29.3 Å². The first kappa shape index (κ1) is 15.8. The summed E-state index contributed by atoms with van der Waals surface area (Å²) in [4.78, 5) is 0.152. The molecule has 1 heterocycles. The highest BCUT2D eigenvalue weighted by atomic mass is 35.5. The van der Waals surface area contributed by atoms with Crippen LogP contribution < -0.4 is 9.62 Å². The van der Waals surface area contributed by atoms with E-state index in [-0.39, 0.29) is 11.4 Å². The van der Waals surface area contributed by atoms with E-state index >= 15 is 0 Å². The molecule has 0 radical (unpaired) electrons. The number of sulfonamides is 1. The SMILES string of the molecule is CN1c2ccccc2C(NCC#N)c2ccc(Cl)cc2S1(=O)=O. The third kappa shape index (κ3) is 2.57. The van der Waals surface area contributed by atoms with Crippen molar-refractivity contribution in [2.75, 3.05) is 17.9 Å². The molecule has 0 fully saturated rings. The van der Waals surface area contributed by atoms with E-state index in [4.69, 9.17) is 16.9 Å². The molecule has 1 aliphatic rings. The van der Waals surface area contributed by atoms with Crippen molar-refractivity contribution in [3.8, 4) is 6.07 Å². The minimum atomic E-state index is -3.73. The Kier molecular flexibility index (Phi) is 4.02. The van der Waals surface area contributed by atoms with Gasteiger partial charge >= 0.3 is 0 Å². The molecule has 1 N–H and O–H groups in total. The first-order valence-electron chi connectivity index (χ1n) is 6.94. The van der Waals surface area contributed by atoms with E-state index in [9.17, 15) is 8.42 Å². The molecular formula is C16H14ClN3O2S. The molecule has 0 amide bonds. The summed E-state index contributed by atoms with van der Waals surface area (Å²) in [6.45, 7) is 0.102. The maximum Gasteiger partial charge on any atom is 0.264 e. The van der Waals surface area contributed by atoms with Crippen molar-refractivity contribution in [2.24, 2.45) is 0 Å². The molecule has 2 aromatic carbocycles. The second kappa shape index (κ2) is 5.85. The third-order valence-corrected chi connectivity index (χ3v) is 5.96. The highest BCUT2D eigenvalue weighted by Gasteiger charge is 2.34. The molecular weight excluding hydrogens is 334 g/mol. The molecule has 0 saturated heterocycles. The molecule has 7 heteroatoms. The van der Waals surface area contributed by atoms with Gasteiger partial charge in [-0.1, -0.05) is 35.9 Å². The summed E-state index contributed by atoms with van der Waals surface area (Å²) < 4.78 is 27.1. The lowest BCUT2D eigenvalue weighted by Gasteiger charge is -2.21. The normalized spacial score (nSPS) is 18.5. The zero-order chi connectivity index (χ0) is 16.6. The summed E-state index contributed by atoms with van der Waals surface area (Å²) in [7, 11) is -2.21. The van der Waals surface area contributed by atoms with Gasteiger partial charge in [0.15, 0.2) is 0 Å². The van der Waals surface area contributed by atoms with Gasteiger partial charge in [0.1, 0.15) is 0 Å². The van der Waals surface area contributed by atoms with Gasteiger partial charge in [0.05, 0.1) is 29.2 Å². The zero-order valence-corrected chi connectivity index (χ0v) is 13.9. The standard InChI is InChI=1S/C16H14ClN3O2S/c1-20-14-5-3-2-4-12(14)16(19-9-8-18)13-7-6-11(17)10-15(13)23(20,21)22/h2-7,10,16,19H,9H2,1H3. The second-order valence-corrected chi connectivity index (χ2v) is 7.56. The van der Waals surface area contributed by atoms with E-state index in [1.807, 2.05) is 18.2 Å². The number of nitrogens with one attached hydrogen (secondary N) is 1. The minimum absolute atomic E-state index is 0.102. The van der Waals surface area contributed by atoms with Gasteiger partial charge in [-0.25, -0.2) is 8.42 Å². The summed E-state index contributed by atoms with van der Waals surface area (Å²) in [6, 6.07) is 13.7. The number of fused-ring (bicyclic) bond motifs is 2. The van der Waals surface area contributed by atoms with Crippen LogP contribution in [0.25, 0.3) is 0 Å². The van der Waals surface area contributed by atoms with E-state index in [2.05, 4.69) is 5.32 Å². The molecule has 23 heavy (non-hydrogen) atoms. The van der Waals surface area contributed by atoms with Crippen LogP contribution in [0.1, 0.15) is 17.2 Å². The largest absolute Gasteiger partial charge is 0.294 e. The van der Waals surface area contributed by atoms with Crippen molar-refractivity contribution in [2.45, 2.75) is 10.9 Å². The summed E-state index contributed by atoms with van der Waals surface area (Å²) in [5, 5.41) is 12.4. The molecule has 3 rings (SSSR count). The van der Waals surface area contributed by atoms with Crippen LogP contribution in [0.5, 0.6) is 0 Å². The predicted octanol–water partition coefficient (Wildman–Crippen LogP) is 2.68. The molecule has 2 aromatic rings. The van der Waals surface area contributed by atoms with E-state index in [1.54, 1.807) is 24.3 Å². The Morgan fingerprint density at radius 2 is 2.00 bits per heavy atom. The van der Waals surface area contributed by atoms with Crippen molar-refractivity contribution in [3.05, 3.63) is 58.6 Å². The van der Waals surface area contributed by atoms with Crippen LogP contribution in [0.15, 0.2) is 47.4 Å². The van der Waals surface area contributed by atoms with Gasteiger partial charge in [-0.15, -0.1) is 0 Å². The molecule has 0 aliphatic carbocycles. The quantitative estimate of drug-likeness (QED) is 0.848. The van der Waals surface area contributed by atoms with E-state index in [1.165, 1.54) is 17.4 Å². The predicted molar refractivity (Wildman–Crippen MR) is 88.9 cm³/mol.